The molecule has 1 radical (unpaired) electrons. The van der Waals surface area contributed by atoms with Crippen LogP contribution in [0.3, 0.4) is 0 Å². The standard InChI is InChI=1S/C12H11F15NO/c1-4-5(2,3)28(29)12(26,27)10(21,22)8(17,18)6(13,14)7(15,16)9(19,20)11(23,24)25/h4H2,1-3H3. The zero-order valence-corrected chi connectivity index (χ0v) is 14.2. The van der Waals surface area contributed by atoms with Crippen molar-refractivity contribution in [3.8, 4) is 0 Å². The van der Waals surface area contributed by atoms with Gasteiger partial charge in [0.1, 0.15) is 0 Å². The van der Waals surface area contributed by atoms with Gasteiger partial charge in [-0.05, 0) is 20.3 Å². The van der Waals surface area contributed by atoms with Gasteiger partial charge in [0.25, 0.3) is 0 Å². The molecule has 0 rings (SSSR count). The van der Waals surface area contributed by atoms with E-state index in [0.29, 0.717) is 13.8 Å². The van der Waals surface area contributed by atoms with Crippen molar-refractivity contribution in [1.29, 1.82) is 0 Å². The van der Waals surface area contributed by atoms with Crippen molar-refractivity contribution >= 4 is 0 Å². The summed E-state index contributed by atoms with van der Waals surface area (Å²) < 4.78 is 195. The number of halogens is 15. The monoisotopic (exact) mass is 470 g/mol. The molecular formula is C12H11F15NO. The van der Waals surface area contributed by atoms with Crippen LogP contribution in [0.2, 0.25) is 0 Å². The van der Waals surface area contributed by atoms with E-state index in [1.807, 2.05) is 0 Å². The normalized spacial score (nSPS) is 16.6. The smallest absolute Gasteiger partial charge is 0.192 e. The van der Waals surface area contributed by atoms with Crippen molar-refractivity contribution in [2.75, 3.05) is 0 Å². The van der Waals surface area contributed by atoms with Crippen LogP contribution in [0, 0.1) is 0 Å². The quantitative estimate of drug-likeness (QED) is 0.237. The summed E-state index contributed by atoms with van der Waals surface area (Å²) in [7, 11) is 0. The Morgan fingerprint density at radius 3 is 1.10 bits per heavy atom. The first-order chi connectivity index (χ1) is 12.2. The van der Waals surface area contributed by atoms with E-state index in [0.717, 1.165) is 6.92 Å². The molecular weight excluding hydrogens is 459 g/mol. The largest absolute Gasteiger partial charge is 0.460 e. The van der Waals surface area contributed by atoms with Crippen molar-refractivity contribution < 1.29 is 71.1 Å². The lowest BCUT2D eigenvalue weighted by atomic mass is 9.91. The van der Waals surface area contributed by atoms with E-state index in [1.165, 1.54) is 0 Å². The fourth-order valence-corrected chi connectivity index (χ4v) is 1.61. The van der Waals surface area contributed by atoms with Crippen molar-refractivity contribution in [2.45, 2.75) is 74.6 Å². The molecule has 0 heterocycles. The first kappa shape index (κ1) is 27.9. The predicted molar refractivity (Wildman–Crippen MR) is 62.6 cm³/mol. The maximum atomic E-state index is 13.6. The highest BCUT2D eigenvalue weighted by Crippen LogP contribution is 2.62. The fourth-order valence-electron chi connectivity index (χ4n) is 1.61. The summed E-state index contributed by atoms with van der Waals surface area (Å²) in [6.45, 7) is 1.67. The van der Waals surface area contributed by atoms with Crippen molar-refractivity contribution in [3.63, 3.8) is 0 Å². The minimum Gasteiger partial charge on any atom is -0.192 e. The Labute approximate surface area is 152 Å². The Balaban J connectivity index is 6.65. The Morgan fingerprint density at radius 2 is 0.828 bits per heavy atom. The Kier molecular flexibility index (Phi) is 6.68. The maximum Gasteiger partial charge on any atom is 0.460 e. The number of rotatable bonds is 8. The molecule has 0 aliphatic heterocycles. The molecule has 0 spiro atoms. The van der Waals surface area contributed by atoms with Crippen LogP contribution in [0.25, 0.3) is 0 Å². The van der Waals surface area contributed by atoms with Crippen LogP contribution in [0.1, 0.15) is 27.2 Å². The minimum atomic E-state index is -8.40. The zero-order chi connectivity index (χ0) is 24.3. The molecule has 0 bridgehead atoms. The molecule has 0 atom stereocenters. The number of hydrogen-bond acceptors (Lipinski definition) is 1. The topological polar surface area (TPSA) is 23.1 Å². The molecule has 0 saturated carbocycles. The highest BCUT2D eigenvalue weighted by molar-refractivity contribution is 5.12. The zero-order valence-electron chi connectivity index (χ0n) is 14.2. The summed E-state index contributed by atoms with van der Waals surface area (Å²) in [5.41, 5.74) is -2.71. The lowest BCUT2D eigenvalue weighted by Crippen LogP contribution is -2.75. The molecule has 175 valence electrons. The van der Waals surface area contributed by atoms with Gasteiger partial charge in [0, 0.05) is 5.54 Å². The second-order valence-electron chi connectivity index (χ2n) is 6.37. The maximum absolute atomic E-state index is 13.6. The Bertz CT molecular complexity index is 595. The van der Waals surface area contributed by atoms with Gasteiger partial charge in [-0.25, -0.2) is 0 Å². The van der Waals surface area contributed by atoms with Gasteiger partial charge < -0.3 is 0 Å². The summed E-state index contributed by atoms with van der Waals surface area (Å²) in [5, 5.41) is 9.17. The molecule has 0 aromatic rings. The highest BCUT2D eigenvalue weighted by atomic mass is 19.4. The van der Waals surface area contributed by atoms with Crippen LogP contribution in [-0.4, -0.2) is 52.4 Å². The van der Waals surface area contributed by atoms with Gasteiger partial charge in [0.2, 0.25) is 0 Å². The summed E-state index contributed by atoms with van der Waals surface area (Å²) in [6.07, 6.45) is -8.49. The summed E-state index contributed by atoms with van der Waals surface area (Å²) in [4.78, 5) is 0. The van der Waals surface area contributed by atoms with Crippen molar-refractivity contribution in [3.05, 3.63) is 0 Å². The van der Waals surface area contributed by atoms with E-state index in [1.54, 1.807) is 0 Å². The van der Waals surface area contributed by atoms with Crippen molar-refractivity contribution in [2.24, 2.45) is 0 Å². The third kappa shape index (κ3) is 3.61. The van der Waals surface area contributed by atoms with Gasteiger partial charge in [-0.1, -0.05) is 12.0 Å². The average Bonchev–Trinajstić information content (AvgIpc) is 2.51. The average molecular weight is 470 g/mol. The van der Waals surface area contributed by atoms with Gasteiger partial charge in [-0.3, -0.25) is 0 Å². The Hall–Kier alpha value is -1.13. The van der Waals surface area contributed by atoms with E-state index in [2.05, 4.69) is 0 Å². The molecule has 17 heteroatoms. The predicted octanol–water partition coefficient (Wildman–Crippen LogP) is 6.15. The lowest BCUT2D eigenvalue weighted by Gasteiger charge is -2.44. The molecule has 0 aliphatic rings. The SMILES string of the molecule is CCC(C)(C)N([O])C(F)(F)C(F)(F)C(F)(F)C(F)(F)C(F)(F)C(F)(F)C(F)(F)F. The first-order valence-electron chi connectivity index (χ1n) is 7.03. The van der Waals surface area contributed by atoms with Gasteiger partial charge >= 0.3 is 41.8 Å². The number of hydroxylamine groups is 2. The van der Waals surface area contributed by atoms with Gasteiger partial charge in [-0.15, -0.1) is 5.21 Å². The third-order valence-electron chi connectivity index (χ3n) is 3.98. The molecule has 29 heavy (non-hydrogen) atoms. The number of hydrogen-bond donors (Lipinski definition) is 0. The van der Waals surface area contributed by atoms with Crippen LogP contribution < -0.4 is 0 Å². The molecule has 0 aromatic carbocycles. The molecule has 0 saturated heterocycles. The van der Waals surface area contributed by atoms with Crippen LogP contribution in [-0.2, 0) is 5.21 Å². The number of alkyl halides is 15. The Morgan fingerprint density at radius 1 is 0.552 bits per heavy atom. The highest BCUT2D eigenvalue weighted by Gasteiger charge is 2.94. The first-order valence-corrected chi connectivity index (χ1v) is 7.03. The van der Waals surface area contributed by atoms with Gasteiger partial charge in [0.05, 0.1) is 0 Å². The molecule has 0 fully saturated rings. The van der Waals surface area contributed by atoms with Crippen LogP contribution in [0.5, 0.6) is 0 Å². The van der Waals surface area contributed by atoms with E-state index in [-0.39, 0.29) is 0 Å². The van der Waals surface area contributed by atoms with Crippen LogP contribution in [0.15, 0.2) is 0 Å². The van der Waals surface area contributed by atoms with E-state index >= 15 is 0 Å². The van der Waals surface area contributed by atoms with E-state index < -0.39 is 58.9 Å². The van der Waals surface area contributed by atoms with Gasteiger partial charge in [-0.2, -0.15) is 65.9 Å². The van der Waals surface area contributed by atoms with E-state index in [4.69, 9.17) is 0 Å². The lowest BCUT2D eigenvalue weighted by molar-refractivity contribution is -0.487. The van der Waals surface area contributed by atoms with Crippen LogP contribution >= 0.6 is 0 Å². The molecule has 0 aromatic heterocycles. The van der Waals surface area contributed by atoms with Gasteiger partial charge in [0.15, 0.2) is 0 Å². The second-order valence-corrected chi connectivity index (χ2v) is 6.37. The summed E-state index contributed by atoms with van der Waals surface area (Å²) in [6, 6.07) is -6.94. The van der Waals surface area contributed by atoms with Crippen molar-refractivity contribution in [1.82, 2.24) is 5.06 Å². The van der Waals surface area contributed by atoms with Crippen LogP contribution in [0.4, 0.5) is 65.9 Å². The molecule has 0 aliphatic carbocycles. The molecule has 0 amide bonds. The minimum absolute atomic E-state index is 0.409. The summed E-state index contributed by atoms with van der Waals surface area (Å²) in [5.74, 6) is -40.9. The second kappa shape index (κ2) is 6.95. The third-order valence-corrected chi connectivity index (χ3v) is 3.98. The number of nitrogens with zero attached hydrogens (tertiary/aromatic N) is 1. The van der Waals surface area contributed by atoms with E-state index in [9.17, 15) is 71.1 Å². The molecule has 0 N–H and O–H groups in total. The molecule has 0 unspecified atom stereocenters. The molecule has 2 nitrogen and oxygen atoms in total. The fraction of sp³-hybridized carbons (Fsp3) is 1.00. The summed E-state index contributed by atoms with van der Waals surface area (Å²) >= 11 is 0.